The van der Waals surface area contributed by atoms with E-state index in [4.69, 9.17) is 0 Å². The number of aliphatic hydroxyl groups is 2. The number of carbonyl (C=O) groups excluding carboxylic acids is 1. The Morgan fingerprint density at radius 3 is 2.65 bits per heavy atom. The molecule has 1 amide bonds. The topological polar surface area (TPSA) is 91.5 Å². The van der Waals surface area contributed by atoms with E-state index in [-0.39, 0.29) is 18.3 Å². The number of amides is 1. The molecule has 6 heterocycles. The summed E-state index contributed by atoms with van der Waals surface area (Å²) in [6, 6.07) is 10.7. The molecule has 6 aliphatic rings. The molecule has 5 aliphatic heterocycles. The highest BCUT2D eigenvalue weighted by Gasteiger charge is 2.31. The molecular formula is C30H38N4O3. The van der Waals surface area contributed by atoms with Crippen LogP contribution in [0.3, 0.4) is 0 Å². The van der Waals surface area contributed by atoms with Gasteiger partial charge in [-0.3, -0.25) is 4.79 Å². The molecule has 7 nitrogen and oxygen atoms in total. The van der Waals surface area contributed by atoms with Crippen LogP contribution < -0.4 is 0 Å². The lowest BCUT2D eigenvalue weighted by Gasteiger charge is -2.35. The van der Waals surface area contributed by atoms with E-state index in [9.17, 15) is 15.0 Å². The van der Waals surface area contributed by atoms with Crippen molar-refractivity contribution in [3.63, 3.8) is 0 Å². The van der Waals surface area contributed by atoms with Crippen LogP contribution in [0, 0.1) is 18.8 Å². The Bertz CT molecular complexity index is 1290. The number of aryl methyl sites for hydroxylation is 2. The Balaban J connectivity index is 1.41. The van der Waals surface area contributed by atoms with Gasteiger partial charge in [0.25, 0.3) is 0 Å². The van der Waals surface area contributed by atoms with Crippen LogP contribution in [-0.2, 0) is 24.3 Å². The second-order valence-electron chi connectivity index (χ2n) is 11.5. The van der Waals surface area contributed by atoms with E-state index in [0.717, 1.165) is 85.3 Å². The first-order valence-electron chi connectivity index (χ1n) is 14.1. The van der Waals surface area contributed by atoms with Crippen LogP contribution in [0.4, 0.5) is 0 Å². The first kappa shape index (κ1) is 24.6. The van der Waals surface area contributed by atoms with Gasteiger partial charge < -0.3 is 15.1 Å². The predicted octanol–water partition coefficient (Wildman–Crippen LogP) is 4.45. The molecular weight excluding hydrogens is 464 g/mol. The molecule has 37 heavy (non-hydrogen) atoms. The number of aromatic nitrogens is 3. The Morgan fingerprint density at radius 2 is 1.84 bits per heavy atom. The quantitative estimate of drug-likeness (QED) is 0.506. The highest BCUT2D eigenvalue weighted by atomic mass is 16.5. The summed E-state index contributed by atoms with van der Waals surface area (Å²) in [7, 11) is 0. The van der Waals surface area contributed by atoms with Crippen molar-refractivity contribution >= 4 is 16.9 Å². The maximum absolute atomic E-state index is 13.5. The molecule has 1 atom stereocenters. The largest absolute Gasteiger partial charge is 0.368 e. The third-order valence-electron chi connectivity index (χ3n) is 9.19. The van der Waals surface area contributed by atoms with Crippen molar-refractivity contribution in [2.75, 3.05) is 6.54 Å². The van der Waals surface area contributed by atoms with Crippen LogP contribution in [0.25, 0.3) is 11.0 Å². The molecule has 0 saturated heterocycles. The number of hydrogen-bond donors (Lipinski definition) is 2. The molecule has 1 fully saturated rings. The van der Waals surface area contributed by atoms with E-state index in [1.54, 1.807) is 0 Å². The lowest BCUT2D eigenvalue weighted by Crippen LogP contribution is -2.41. The van der Waals surface area contributed by atoms with Gasteiger partial charge in [0, 0.05) is 37.9 Å². The first-order chi connectivity index (χ1) is 18.0. The van der Waals surface area contributed by atoms with Crippen molar-refractivity contribution in [2.24, 2.45) is 11.8 Å². The minimum absolute atomic E-state index is 0.160. The number of carbonyl (C=O) groups is 1. The Kier molecular flexibility index (Phi) is 6.76. The third kappa shape index (κ3) is 4.79. The Hall–Kier alpha value is -2.77. The molecule has 7 heteroatoms. The fraction of sp³-hybridized carbons (Fsp3) is 0.567. The van der Waals surface area contributed by atoms with Gasteiger partial charge in [-0.05, 0) is 85.3 Å². The van der Waals surface area contributed by atoms with Crippen LogP contribution in [0.1, 0.15) is 85.1 Å². The highest BCUT2D eigenvalue weighted by Crippen LogP contribution is 2.37. The SMILES string of the molecule is Cc1c2ccc3c1nnn3CCCCC1CCC(CC1)C(=O)N1CCc3ccc(cc3C1)C2CC(O)O. The zero-order valence-electron chi connectivity index (χ0n) is 21.8. The van der Waals surface area contributed by atoms with Gasteiger partial charge in [-0.2, -0.15) is 0 Å². The van der Waals surface area contributed by atoms with Crippen molar-refractivity contribution in [3.8, 4) is 0 Å². The van der Waals surface area contributed by atoms with Crippen LogP contribution in [0.5, 0.6) is 0 Å². The molecule has 2 N–H and O–H groups in total. The molecule has 1 unspecified atom stereocenters. The van der Waals surface area contributed by atoms with E-state index in [1.807, 2.05) is 4.68 Å². The molecule has 1 saturated carbocycles. The third-order valence-corrected chi connectivity index (χ3v) is 9.19. The summed E-state index contributed by atoms with van der Waals surface area (Å²) in [5.41, 5.74) is 7.53. The Labute approximate surface area is 218 Å². The van der Waals surface area contributed by atoms with Gasteiger partial charge in [0.2, 0.25) is 5.91 Å². The van der Waals surface area contributed by atoms with Crippen molar-refractivity contribution in [1.29, 1.82) is 0 Å². The number of benzene rings is 2. The van der Waals surface area contributed by atoms with Gasteiger partial charge in [0.1, 0.15) is 5.52 Å². The van der Waals surface area contributed by atoms with E-state index in [1.165, 1.54) is 24.0 Å². The second-order valence-corrected chi connectivity index (χ2v) is 11.5. The summed E-state index contributed by atoms with van der Waals surface area (Å²) in [6.45, 7) is 4.34. The van der Waals surface area contributed by atoms with Crippen molar-refractivity contribution < 1.29 is 15.0 Å². The first-order valence-corrected chi connectivity index (χ1v) is 14.1. The molecule has 0 spiro atoms. The van der Waals surface area contributed by atoms with Crippen molar-refractivity contribution in [3.05, 3.63) is 58.1 Å². The number of rotatable bonds is 2. The number of nitrogens with zero attached hydrogens (tertiary/aromatic N) is 4. The molecule has 9 bridgehead atoms. The summed E-state index contributed by atoms with van der Waals surface area (Å²) in [5, 5.41) is 29.1. The van der Waals surface area contributed by atoms with Crippen molar-refractivity contribution in [2.45, 2.75) is 90.0 Å². The summed E-state index contributed by atoms with van der Waals surface area (Å²) >= 11 is 0. The molecule has 2 aromatic carbocycles. The molecule has 1 aromatic heterocycles. The second kappa shape index (κ2) is 10.2. The summed E-state index contributed by atoms with van der Waals surface area (Å²) < 4.78 is 2.02. The maximum atomic E-state index is 13.5. The minimum Gasteiger partial charge on any atom is -0.368 e. The predicted molar refractivity (Wildman–Crippen MR) is 142 cm³/mol. The van der Waals surface area contributed by atoms with Crippen LogP contribution in [0.15, 0.2) is 30.3 Å². The van der Waals surface area contributed by atoms with E-state index < -0.39 is 6.29 Å². The monoisotopic (exact) mass is 502 g/mol. The van der Waals surface area contributed by atoms with Gasteiger partial charge in [-0.15, -0.1) is 5.10 Å². The van der Waals surface area contributed by atoms with Crippen molar-refractivity contribution in [1.82, 2.24) is 19.9 Å². The zero-order chi connectivity index (χ0) is 25.5. The summed E-state index contributed by atoms with van der Waals surface area (Å²) in [4.78, 5) is 15.6. The molecule has 1 aliphatic carbocycles. The minimum atomic E-state index is -1.43. The van der Waals surface area contributed by atoms with E-state index in [2.05, 4.69) is 52.5 Å². The smallest absolute Gasteiger partial charge is 0.225 e. The number of hydrogen-bond acceptors (Lipinski definition) is 5. The van der Waals surface area contributed by atoms with E-state index in [0.29, 0.717) is 12.5 Å². The lowest BCUT2D eigenvalue weighted by molar-refractivity contribution is -0.137. The summed E-state index contributed by atoms with van der Waals surface area (Å²) in [6.07, 6.45) is 7.45. The van der Waals surface area contributed by atoms with Gasteiger partial charge in [0.15, 0.2) is 6.29 Å². The average molecular weight is 503 g/mol. The summed E-state index contributed by atoms with van der Waals surface area (Å²) in [5.74, 6) is 1.03. The highest BCUT2D eigenvalue weighted by molar-refractivity contribution is 5.80. The average Bonchev–Trinajstić information content (AvgIpc) is 3.33. The molecule has 3 aromatic rings. The van der Waals surface area contributed by atoms with Gasteiger partial charge in [-0.25, -0.2) is 4.68 Å². The molecule has 0 radical (unpaired) electrons. The van der Waals surface area contributed by atoms with Gasteiger partial charge in [0.05, 0.1) is 5.52 Å². The Morgan fingerprint density at radius 1 is 1.00 bits per heavy atom. The molecule has 9 rings (SSSR count). The fourth-order valence-electron chi connectivity index (χ4n) is 7.01. The van der Waals surface area contributed by atoms with Crippen LogP contribution in [0.2, 0.25) is 0 Å². The lowest BCUT2D eigenvalue weighted by atomic mass is 9.79. The normalized spacial score (nSPS) is 24.6. The molecule has 196 valence electrons. The van der Waals surface area contributed by atoms with Gasteiger partial charge >= 0.3 is 0 Å². The fourth-order valence-corrected chi connectivity index (χ4v) is 7.01. The number of aliphatic hydroxyl groups excluding tert-OH is 1. The maximum Gasteiger partial charge on any atom is 0.225 e. The van der Waals surface area contributed by atoms with Gasteiger partial charge in [-0.1, -0.05) is 42.3 Å². The van der Waals surface area contributed by atoms with Crippen LogP contribution in [-0.4, -0.2) is 48.8 Å². The van der Waals surface area contributed by atoms with E-state index >= 15 is 0 Å². The zero-order valence-corrected chi connectivity index (χ0v) is 21.8. The van der Waals surface area contributed by atoms with Crippen LogP contribution >= 0.6 is 0 Å². The standard InChI is InChI=1S/C30H38N4O3/c1-19-25-11-12-27-29(19)31-32-34(27)14-3-2-4-20-5-7-22(8-6-20)30(37)33-15-13-21-9-10-23(16-24(21)18-33)26(25)17-28(35)36/h9-12,16,20,22,26,28,35-36H,2-8,13-15,17-18H2,1H3.